The smallest absolute Gasteiger partial charge is 0.269 e. The first kappa shape index (κ1) is 12.0. The van der Waals surface area contributed by atoms with Crippen molar-refractivity contribution in [1.29, 1.82) is 0 Å². The van der Waals surface area contributed by atoms with Crippen molar-refractivity contribution in [3.63, 3.8) is 0 Å². The summed E-state index contributed by atoms with van der Waals surface area (Å²) in [6, 6.07) is 5.51. The van der Waals surface area contributed by atoms with E-state index in [4.69, 9.17) is 5.73 Å². The molecule has 0 saturated carbocycles. The molecule has 0 saturated heterocycles. The second kappa shape index (κ2) is 5.26. The van der Waals surface area contributed by atoms with Crippen LogP contribution in [0.3, 0.4) is 0 Å². The Bertz CT molecular complexity index is 537. The third-order valence-electron chi connectivity index (χ3n) is 2.19. The van der Waals surface area contributed by atoms with Gasteiger partial charge in [0.05, 0.1) is 12.7 Å². The lowest BCUT2D eigenvalue weighted by molar-refractivity contribution is 0.0994. The molecule has 2 rings (SSSR count). The largest absolute Gasteiger partial charge is 0.368 e. The van der Waals surface area contributed by atoms with Crippen LogP contribution in [0, 0.1) is 11.9 Å². The topological polar surface area (TPSA) is 85.8 Å². The molecule has 0 aromatic carbocycles. The number of anilines is 1. The van der Waals surface area contributed by atoms with Gasteiger partial charge in [0.25, 0.3) is 5.91 Å². The summed E-state index contributed by atoms with van der Waals surface area (Å²) in [6.07, 6.45) is 2.68. The van der Waals surface area contributed by atoms with Crippen LogP contribution in [0.5, 0.6) is 0 Å². The molecule has 0 atom stereocenters. The summed E-state index contributed by atoms with van der Waals surface area (Å²) >= 11 is 0. The van der Waals surface area contributed by atoms with Crippen LogP contribution in [0.4, 0.5) is 10.2 Å². The normalized spacial score (nSPS) is 10.3. The minimum absolute atomic E-state index is 0.106. The van der Waals surface area contributed by atoms with E-state index in [9.17, 15) is 9.18 Å². The lowest BCUT2D eigenvalue weighted by atomic mass is 10.4. The third-order valence-corrected chi connectivity index (χ3v) is 2.19. The van der Waals surface area contributed by atoms with Gasteiger partial charge in [-0.15, -0.1) is 0 Å². The van der Waals surface area contributed by atoms with Crippen LogP contribution >= 0.6 is 0 Å². The average Bonchev–Trinajstić information content (AvgIpc) is 2.81. The van der Waals surface area contributed by atoms with Crippen molar-refractivity contribution < 1.29 is 9.18 Å². The summed E-state index contributed by atoms with van der Waals surface area (Å²) in [5.74, 6) is -0.419. The van der Waals surface area contributed by atoms with Crippen molar-refractivity contribution in [1.82, 2.24) is 14.8 Å². The summed E-state index contributed by atoms with van der Waals surface area (Å²) in [5, 5.41) is 6.91. The molecule has 0 spiro atoms. The molecule has 1 amide bonds. The van der Waals surface area contributed by atoms with Crippen molar-refractivity contribution in [3.8, 4) is 0 Å². The van der Waals surface area contributed by atoms with Crippen LogP contribution in [-0.2, 0) is 6.54 Å². The first-order chi connectivity index (χ1) is 8.65. The molecular formula is C11H11FN5O. The highest BCUT2D eigenvalue weighted by molar-refractivity contribution is 5.90. The molecule has 7 heteroatoms. The summed E-state index contributed by atoms with van der Waals surface area (Å²) in [7, 11) is 0. The third kappa shape index (κ3) is 3.03. The van der Waals surface area contributed by atoms with Crippen molar-refractivity contribution in [2.45, 2.75) is 6.54 Å². The number of nitrogens with zero attached hydrogens (tertiary/aromatic N) is 3. The van der Waals surface area contributed by atoms with Crippen LogP contribution in [-0.4, -0.2) is 27.2 Å². The molecule has 0 aliphatic carbocycles. The zero-order valence-corrected chi connectivity index (χ0v) is 9.43. The maximum Gasteiger partial charge on any atom is 0.269 e. The number of pyridine rings is 1. The highest BCUT2D eigenvalue weighted by atomic mass is 19.1. The van der Waals surface area contributed by atoms with Crippen LogP contribution in [0.2, 0.25) is 0 Å². The Morgan fingerprint density at radius 1 is 1.56 bits per heavy atom. The zero-order chi connectivity index (χ0) is 13.0. The number of nitrogens with two attached hydrogens (primary N) is 1. The molecule has 93 valence electrons. The fourth-order valence-electron chi connectivity index (χ4n) is 1.34. The van der Waals surface area contributed by atoms with E-state index in [0.29, 0.717) is 18.9 Å². The second-order valence-electron chi connectivity index (χ2n) is 3.54. The number of nitrogens with one attached hydrogen (secondary N) is 1. The fourth-order valence-corrected chi connectivity index (χ4v) is 1.34. The van der Waals surface area contributed by atoms with Crippen LogP contribution in [0.15, 0.2) is 24.5 Å². The number of hydrogen-bond acceptors (Lipinski definition) is 4. The Morgan fingerprint density at radius 3 is 3.00 bits per heavy atom. The number of aromatic nitrogens is 3. The van der Waals surface area contributed by atoms with E-state index in [1.54, 1.807) is 12.3 Å². The van der Waals surface area contributed by atoms with Crippen molar-refractivity contribution >= 4 is 11.7 Å². The molecule has 18 heavy (non-hydrogen) atoms. The molecule has 0 aliphatic rings. The molecule has 0 fully saturated rings. The fraction of sp³-hybridized carbons (Fsp3) is 0.182. The molecule has 6 nitrogen and oxygen atoms in total. The molecule has 1 radical (unpaired) electrons. The van der Waals surface area contributed by atoms with Crippen molar-refractivity contribution in [2.24, 2.45) is 5.73 Å². The summed E-state index contributed by atoms with van der Waals surface area (Å²) in [5.41, 5.74) is 5.16. The van der Waals surface area contributed by atoms with E-state index in [2.05, 4.69) is 21.5 Å². The predicted octanol–water partition coefficient (Wildman–Crippen LogP) is 0.428. The van der Waals surface area contributed by atoms with Gasteiger partial charge >= 0.3 is 0 Å². The number of carbonyl (C=O) groups excluding carboxylic acids is 1. The number of hydrogen-bond donors (Lipinski definition) is 2. The number of rotatable bonds is 5. The van der Waals surface area contributed by atoms with Crippen molar-refractivity contribution in [3.05, 3.63) is 42.1 Å². The number of primary amides is 1. The lowest BCUT2D eigenvalue weighted by Gasteiger charge is -2.05. The average molecular weight is 248 g/mol. The minimum Gasteiger partial charge on any atom is -0.368 e. The van der Waals surface area contributed by atoms with Gasteiger partial charge in [0.1, 0.15) is 11.6 Å². The first-order valence-corrected chi connectivity index (χ1v) is 5.25. The highest BCUT2D eigenvalue weighted by Crippen LogP contribution is 2.03. The van der Waals surface area contributed by atoms with E-state index in [-0.39, 0.29) is 11.5 Å². The van der Waals surface area contributed by atoms with Crippen LogP contribution < -0.4 is 11.1 Å². The minimum atomic E-state index is -0.609. The van der Waals surface area contributed by atoms with Gasteiger partial charge in [0.15, 0.2) is 5.69 Å². The van der Waals surface area contributed by atoms with Gasteiger partial charge in [-0.3, -0.25) is 9.48 Å². The number of halogens is 1. The van der Waals surface area contributed by atoms with E-state index in [1.165, 1.54) is 10.7 Å². The van der Waals surface area contributed by atoms with Gasteiger partial charge in [0, 0.05) is 18.8 Å². The molecular weight excluding hydrogens is 237 g/mol. The Morgan fingerprint density at radius 2 is 2.39 bits per heavy atom. The molecule has 2 heterocycles. The van der Waals surface area contributed by atoms with E-state index in [0.717, 1.165) is 6.20 Å². The van der Waals surface area contributed by atoms with Gasteiger partial charge in [0.2, 0.25) is 0 Å². The monoisotopic (exact) mass is 248 g/mol. The molecule has 0 aliphatic heterocycles. The summed E-state index contributed by atoms with van der Waals surface area (Å²) < 4.78 is 14.1. The lowest BCUT2D eigenvalue weighted by Crippen LogP contribution is -2.15. The van der Waals surface area contributed by atoms with Crippen LogP contribution in [0.25, 0.3) is 0 Å². The van der Waals surface area contributed by atoms with Gasteiger partial charge in [-0.25, -0.2) is 9.37 Å². The van der Waals surface area contributed by atoms with Gasteiger partial charge in [-0.1, -0.05) is 0 Å². The quantitative estimate of drug-likeness (QED) is 0.803. The molecule has 3 N–H and O–H groups in total. The molecule has 0 bridgehead atoms. The molecule has 0 unspecified atom stereocenters. The van der Waals surface area contributed by atoms with Gasteiger partial charge in [-0.2, -0.15) is 5.10 Å². The Kier molecular flexibility index (Phi) is 3.52. The molecule has 2 aromatic heterocycles. The van der Waals surface area contributed by atoms with Crippen LogP contribution in [0.1, 0.15) is 10.5 Å². The van der Waals surface area contributed by atoms with E-state index < -0.39 is 5.91 Å². The standard InChI is InChI=1S/C11H11FN5O/c12-8-1-2-10(15-7-8)14-4-6-17-5-3-9(16-17)11(13)18/h1-2,5,7H,4,6H2,(H2,13,18)(H,14,15). The Balaban J connectivity index is 1.84. The second-order valence-corrected chi connectivity index (χ2v) is 3.54. The van der Waals surface area contributed by atoms with E-state index in [1.807, 2.05) is 0 Å². The summed E-state index contributed by atoms with van der Waals surface area (Å²) in [4.78, 5) is 14.6. The van der Waals surface area contributed by atoms with Gasteiger partial charge < -0.3 is 11.1 Å². The molecule has 2 aromatic rings. The Hall–Kier alpha value is -2.44. The first-order valence-electron chi connectivity index (χ1n) is 5.25. The maximum absolute atomic E-state index is 12.6. The highest BCUT2D eigenvalue weighted by Gasteiger charge is 2.04. The van der Waals surface area contributed by atoms with Gasteiger partial charge in [-0.05, 0) is 12.1 Å². The van der Waals surface area contributed by atoms with E-state index >= 15 is 0 Å². The summed E-state index contributed by atoms with van der Waals surface area (Å²) in [6.45, 7) is 1.05. The maximum atomic E-state index is 12.6. The SMILES string of the molecule is NC(=O)c1[c]cn(CCNc2ccc(F)cn2)n1. The Labute approximate surface area is 103 Å². The number of amides is 1. The zero-order valence-electron chi connectivity index (χ0n) is 9.43. The van der Waals surface area contributed by atoms with Crippen molar-refractivity contribution in [2.75, 3.05) is 11.9 Å². The predicted molar refractivity (Wildman–Crippen MR) is 62.3 cm³/mol. The number of carbonyl (C=O) groups is 1.